The van der Waals surface area contributed by atoms with Crippen molar-refractivity contribution in [1.82, 2.24) is 5.32 Å². The highest BCUT2D eigenvalue weighted by molar-refractivity contribution is 6.00. The Hall–Kier alpha value is -1.84. The van der Waals surface area contributed by atoms with Crippen LogP contribution in [-0.2, 0) is 6.42 Å². The van der Waals surface area contributed by atoms with Crippen LogP contribution in [0.2, 0.25) is 0 Å². The molecule has 0 radical (unpaired) electrons. The van der Waals surface area contributed by atoms with Gasteiger partial charge in [0.2, 0.25) is 0 Å². The average Bonchev–Trinajstić information content (AvgIpc) is 2.45. The van der Waals surface area contributed by atoms with Crippen molar-refractivity contribution >= 4 is 18.2 Å². The molecule has 0 aliphatic heterocycles. The number of phenolic OH excluding ortho intramolecular Hbond substituents is 1. The number of nitrogens with one attached hydrogen (secondary N) is 1. The van der Waals surface area contributed by atoms with Gasteiger partial charge in [-0.2, -0.15) is 0 Å². The van der Waals surface area contributed by atoms with Crippen LogP contribution < -0.4 is 5.32 Å². The smallest absolute Gasteiger partial charge is 0.180 e. The van der Waals surface area contributed by atoms with E-state index in [1.807, 2.05) is 30.3 Å². The van der Waals surface area contributed by atoms with Gasteiger partial charge in [0, 0.05) is 5.56 Å². The minimum atomic E-state index is -0.288. The van der Waals surface area contributed by atoms with Crippen molar-refractivity contribution in [2.24, 2.45) is 0 Å². The van der Waals surface area contributed by atoms with Gasteiger partial charge in [-0.05, 0) is 31.2 Å². The molecule has 0 saturated carbocycles. The lowest BCUT2D eigenvalue weighted by Crippen LogP contribution is -2.36. The average molecular weight is 292 g/mol. The Labute approximate surface area is 125 Å². The Morgan fingerprint density at radius 2 is 1.85 bits per heavy atom. The number of hydrogen-bond acceptors (Lipinski definition) is 3. The number of carbonyl (C=O) groups excluding carboxylic acids is 1. The molecule has 2 aromatic carbocycles. The Bertz CT molecular complexity index is 557. The maximum absolute atomic E-state index is 12.4. The Morgan fingerprint density at radius 1 is 1.15 bits per heavy atom. The Morgan fingerprint density at radius 3 is 2.45 bits per heavy atom. The van der Waals surface area contributed by atoms with E-state index in [9.17, 15) is 9.90 Å². The summed E-state index contributed by atoms with van der Waals surface area (Å²) >= 11 is 0. The summed E-state index contributed by atoms with van der Waals surface area (Å²) in [6.45, 7) is 0. The molecule has 4 heteroatoms. The number of carbonyl (C=O) groups is 1. The van der Waals surface area contributed by atoms with Crippen molar-refractivity contribution in [3.63, 3.8) is 0 Å². The molecular weight excluding hydrogens is 274 g/mol. The highest BCUT2D eigenvalue weighted by Gasteiger charge is 2.18. The van der Waals surface area contributed by atoms with Crippen LogP contribution in [0.3, 0.4) is 0 Å². The zero-order valence-electron chi connectivity index (χ0n) is 11.2. The highest BCUT2D eigenvalue weighted by atomic mass is 35.5. The molecule has 0 spiro atoms. The number of aromatic hydroxyl groups is 1. The molecule has 0 fully saturated rings. The van der Waals surface area contributed by atoms with Gasteiger partial charge in [0.1, 0.15) is 5.75 Å². The molecule has 0 heterocycles. The Kier molecular flexibility index (Phi) is 6.22. The van der Waals surface area contributed by atoms with Crippen LogP contribution in [0.1, 0.15) is 15.9 Å². The normalized spacial score (nSPS) is 11.4. The summed E-state index contributed by atoms with van der Waals surface area (Å²) in [6.07, 6.45) is 0.631. The maximum atomic E-state index is 12.4. The van der Waals surface area contributed by atoms with Crippen LogP contribution in [0.15, 0.2) is 54.6 Å². The van der Waals surface area contributed by atoms with Crippen LogP contribution >= 0.6 is 12.4 Å². The summed E-state index contributed by atoms with van der Waals surface area (Å²) in [5.74, 6) is 0.0997. The number of Topliss-reactive ketones (excluding diaryl/α,β-unsaturated/α-hetero) is 1. The van der Waals surface area contributed by atoms with Gasteiger partial charge in [-0.15, -0.1) is 12.4 Å². The SMILES string of the molecule is CNC(Cc1ccccc1)C(=O)c1cccc(O)c1.Cl. The molecule has 2 aromatic rings. The quantitative estimate of drug-likeness (QED) is 0.833. The third kappa shape index (κ3) is 4.08. The lowest BCUT2D eigenvalue weighted by Gasteiger charge is -2.15. The van der Waals surface area contributed by atoms with E-state index in [0.717, 1.165) is 5.56 Å². The van der Waals surface area contributed by atoms with Crippen LogP contribution in [-0.4, -0.2) is 24.0 Å². The third-order valence-corrected chi connectivity index (χ3v) is 3.08. The first kappa shape index (κ1) is 16.2. The van der Waals surface area contributed by atoms with Crippen LogP contribution in [0.5, 0.6) is 5.75 Å². The van der Waals surface area contributed by atoms with Crippen molar-refractivity contribution < 1.29 is 9.90 Å². The van der Waals surface area contributed by atoms with Gasteiger partial charge in [-0.1, -0.05) is 42.5 Å². The molecular formula is C16H18ClNO2. The molecule has 1 atom stereocenters. The minimum absolute atomic E-state index is 0. The summed E-state index contributed by atoms with van der Waals surface area (Å²) < 4.78 is 0. The molecule has 3 nitrogen and oxygen atoms in total. The van der Waals surface area contributed by atoms with Gasteiger partial charge in [0.15, 0.2) is 5.78 Å². The fourth-order valence-corrected chi connectivity index (χ4v) is 2.04. The number of phenols is 1. The number of ketones is 1. The van der Waals surface area contributed by atoms with Crippen molar-refractivity contribution in [2.75, 3.05) is 7.05 Å². The second-order valence-corrected chi connectivity index (χ2v) is 4.45. The second-order valence-electron chi connectivity index (χ2n) is 4.45. The van der Waals surface area contributed by atoms with E-state index in [1.165, 1.54) is 6.07 Å². The maximum Gasteiger partial charge on any atom is 0.180 e. The van der Waals surface area contributed by atoms with E-state index < -0.39 is 0 Å². The molecule has 0 amide bonds. The van der Waals surface area contributed by atoms with Crippen molar-refractivity contribution in [2.45, 2.75) is 12.5 Å². The van der Waals surface area contributed by atoms with Crippen LogP contribution in [0, 0.1) is 0 Å². The van der Waals surface area contributed by atoms with Gasteiger partial charge < -0.3 is 10.4 Å². The van der Waals surface area contributed by atoms with Gasteiger partial charge in [-0.25, -0.2) is 0 Å². The number of benzene rings is 2. The molecule has 1 unspecified atom stereocenters. The van der Waals surface area contributed by atoms with Crippen LogP contribution in [0.25, 0.3) is 0 Å². The molecule has 0 aliphatic rings. The topological polar surface area (TPSA) is 49.3 Å². The summed E-state index contributed by atoms with van der Waals surface area (Å²) in [5.41, 5.74) is 1.63. The molecule has 2 N–H and O–H groups in total. The summed E-state index contributed by atoms with van der Waals surface area (Å²) in [5, 5.41) is 12.5. The first-order valence-corrected chi connectivity index (χ1v) is 6.25. The Balaban J connectivity index is 0.00000200. The zero-order chi connectivity index (χ0) is 13.7. The lowest BCUT2D eigenvalue weighted by atomic mass is 9.97. The molecule has 2 rings (SSSR count). The van der Waals surface area contributed by atoms with Crippen molar-refractivity contribution in [1.29, 1.82) is 0 Å². The molecule has 0 aliphatic carbocycles. The van der Waals surface area contributed by atoms with E-state index in [1.54, 1.807) is 25.2 Å². The lowest BCUT2D eigenvalue weighted by molar-refractivity contribution is 0.0946. The minimum Gasteiger partial charge on any atom is -0.508 e. The van der Waals surface area contributed by atoms with Gasteiger partial charge in [0.25, 0.3) is 0 Å². The molecule has 106 valence electrons. The number of halogens is 1. The molecule has 0 aromatic heterocycles. The van der Waals surface area contributed by atoms with Gasteiger partial charge in [-0.3, -0.25) is 4.79 Å². The van der Waals surface area contributed by atoms with E-state index in [0.29, 0.717) is 12.0 Å². The zero-order valence-corrected chi connectivity index (χ0v) is 12.1. The van der Waals surface area contributed by atoms with Gasteiger partial charge in [0.05, 0.1) is 6.04 Å². The predicted molar refractivity (Wildman–Crippen MR) is 82.7 cm³/mol. The summed E-state index contributed by atoms with van der Waals surface area (Å²) in [6, 6.07) is 16.0. The van der Waals surface area contributed by atoms with E-state index >= 15 is 0 Å². The van der Waals surface area contributed by atoms with E-state index in [4.69, 9.17) is 0 Å². The fourth-order valence-electron chi connectivity index (χ4n) is 2.04. The largest absolute Gasteiger partial charge is 0.508 e. The molecule has 0 saturated heterocycles. The summed E-state index contributed by atoms with van der Waals surface area (Å²) in [4.78, 5) is 12.4. The molecule has 20 heavy (non-hydrogen) atoms. The monoisotopic (exact) mass is 291 g/mol. The van der Waals surface area contributed by atoms with E-state index in [2.05, 4.69) is 5.32 Å². The molecule has 0 bridgehead atoms. The first-order chi connectivity index (χ1) is 9.20. The number of rotatable bonds is 5. The third-order valence-electron chi connectivity index (χ3n) is 3.08. The van der Waals surface area contributed by atoms with Crippen LogP contribution in [0.4, 0.5) is 0 Å². The fraction of sp³-hybridized carbons (Fsp3) is 0.188. The van der Waals surface area contributed by atoms with Gasteiger partial charge >= 0.3 is 0 Å². The number of likely N-dealkylation sites (N-methyl/N-ethyl adjacent to an activating group) is 1. The summed E-state index contributed by atoms with van der Waals surface area (Å²) in [7, 11) is 1.77. The number of hydrogen-bond donors (Lipinski definition) is 2. The standard InChI is InChI=1S/C16H17NO2.ClH/c1-17-15(10-12-6-3-2-4-7-12)16(19)13-8-5-9-14(18)11-13;/h2-9,11,15,17-18H,10H2,1H3;1H. The first-order valence-electron chi connectivity index (χ1n) is 6.25. The van der Waals surface area contributed by atoms with Crippen molar-refractivity contribution in [3.05, 3.63) is 65.7 Å². The predicted octanol–water partition coefficient (Wildman–Crippen LogP) is 2.83. The second kappa shape index (κ2) is 7.68. The van der Waals surface area contributed by atoms with Crippen molar-refractivity contribution in [3.8, 4) is 5.75 Å². The van der Waals surface area contributed by atoms with E-state index in [-0.39, 0.29) is 30.0 Å². The highest BCUT2D eigenvalue weighted by Crippen LogP contribution is 2.14.